The van der Waals surface area contributed by atoms with Crippen LogP contribution in [0.4, 0.5) is 0 Å². The number of halogens is 1. The fraction of sp³-hybridized carbons (Fsp3) is 0.222. The van der Waals surface area contributed by atoms with E-state index in [-0.39, 0.29) is 0 Å². The number of hydrogen-bond donors (Lipinski definition) is 0. The van der Waals surface area contributed by atoms with Gasteiger partial charge in [0.05, 0.1) is 5.69 Å². The Labute approximate surface area is 105 Å². The van der Waals surface area contributed by atoms with Crippen molar-refractivity contribution in [2.24, 2.45) is 0 Å². The van der Waals surface area contributed by atoms with Crippen LogP contribution in [0, 0.1) is 0 Å². The summed E-state index contributed by atoms with van der Waals surface area (Å²) in [6.07, 6.45) is 4.19. The van der Waals surface area contributed by atoms with E-state index >= 15 is 0 Å². The van der Waals surface area contributed by atoms with Crippen molar-refractivity contribution in [2.45, 2.75) is 13.3 Å². The quantitative estimate of drug-likeness (QED) is 0.708. The van der Waals surface area contributed by atoms with E-state index < -0.39 is 0 Å². The maximum atomic E-state index is 5.94. The molecular formula is C9H7ClN6S. The van der Waals surface area contributed by atoms with Crippen LogP contribution in [0.15, 0.2) is 12.4 Å². The third-order valence-corrected chi connectivity index (χ3v) is 3.41. The monoisotopic (exact) mass is 266 g/mol. The lowest BCUT2D eigenvalue weighted by atomic mass is 10.3. The van der Waals surface area contributed by atoms with Gasteiger partial charge in [-0.1, -0.05) is 23.0 Å². The Kier molecular flexibility index (Phi) is 2.49. The standard InChI is InChI=1S/C9H7ClN6S/c1-2-5-6(17-15-12-5)8-13-14-9-7(10)11-3-4-16(8)9/h3-4H,2H2,1H3. The lowest BCUT2D eigenvalue weighted by molar-refractivity contribution is 0.984. The van der Waals surface area contributed by atoms with Gasteiger partial charge in [-0.2, -0.15) is 0 Å². The lowest BCUT2D eigenvalue weighted by Gasteiger charge is -1.97. The third kappa shape index (κ3) is 1.58. The molecule has 3 rings (SSSR count). The molecule has 0 radical (unpaired) electrons. The molecule has 0 amide bonds. The predicted octanol–water partition coefficient (Wildman–Crippen LogP) is 1.86. The second-order valence-electron chi connectivity index (χ2n) is 3.34. The summed E-state index contributed by atoms with van der Waals surface area (Å²) in [5.74, 6) is 0.705. The molecule has 0 aliphatic heterocycles. The topological polar surface area (TPSA) is 68.9 Å². The number of hydrogen-bond acceptors (Lipinski definition) is 6. The molecule has 17 heavy (non-hydrogen) atoms. The molecule has 86 valence electrons. The minimum atomic E-state index is 0.335. The Hall–Kier alpha value is -1.60. The Morgan fingerprint density at radius 3 is 3.06 bits per heavy atom. The molecule has 0 spiro atoms. The second kappa shape index (κ2) is 4.01. The molecule has 0 aliphatic carbocycles. The van der Waals surface area contributed by atoms with Crippen LogP contribution in [0.3, 0.4) is 0 Å². The molecule has 0 fully saturated rings. The highest BCUT2D eigenvalue weighted by molar-refractivity contribution is 7.09. The van der Waals surface area contributed by atoms with Gasteiger partial charge in [0, 0.05) is 12.4 Å². The van der Waals surface area contributed by atoms with Gasteiger partial charge in [-0.05, 0) is 18.0 Å². The van der Waals surface area contributed by atoms with Gasteiger partial charge < -0.3 is 0 Å². The van der Waals surface area contributed by atoms with E-state index in [2.05, 4.69) is 24.8 Å². The van der Waals surface area contributed by atoms with Crippen molar-refractivity contribution in [3.8, 4) is 10.7 Å². The molecule has 0 aliphatic rings. The first-order chi connectivity index (χ1) is 8.31. The molecule has 0 aromatic carbocycles. The molecule has 0 unspecified atom stereocenters. The summed E-state index contributed by atoms with van der Waals surface area (Å²) in [5, 5.41) is 12.5. The van der Waals surface area contributed by atoms with Crippen LogP contribution in [0.5, 0.6) is 0 Å². The van der Waals surface area contributed by atoms with E-state index in [9.17, 15) is 0 Å². The van der Waals surface area contributed by atoms with Gasteiger partial charge in [-0.25, -0.2) is 4.98 Å². The van der Waals surface area contributed by atoms with Crippen LogP contribution in [0.2, 0.25) is 5.15 Å². The summed E-state index contributed by atoms with van der Waals surface area (Å²) in [6, 6.07) is 0. The zero-order valence-electron chi connectivity index (χ0n) is 8.83. The van der Waals surface area contributed by atoms with Gasteiger partial charge in [-0.15, -0.1) is 15.3 Å². The first kappa shape index (κ1) is 10.5. The van der Waals surface area contributed by atoms with E-state index in [1.54, 1.807) is 16.8 Å². The Bertz CT molecular complexity index is 675. The highest BCUT2D eigenvalue weighted by Crippen LogP contribution is 2.26. The molecular weight excluding hydrogens is 260 g/mol. The molecule has 0 bridgehead atoms. The summed E-state index contributed by atoms with van der Waals surface area (Å²) in [5.41, 5.74) is 1.46. The molecule has 3 heterocycles. The Morgan fingerprint density at radius 2 is 2.24 bits per heavy atom. The van der Waals surface area contributed by atoms with Crippen molar-refractivity contribution >= 4 is 28.8 Å². The summed E-state index contributed by atoms with van der Waals surface area (Å²) in [4.78, 5) is 4.88. The van der Waals surface area contributed by atoms with E-state index in [0.29, 0.717) is 16.6 Å². The molecule has 0 atom stereocenters. The number of aromatic nitrogens is 6. The summed E-state index contributed by atoms with van der Waals surface area (Å²) < 4.78 is 5.74. The fourth-order valence-electron chi connectivity index (χ4n) is 1.56. The van der Waals surface area contributed by atoms with E-state index in [1.165, 1.54) is 11.5 Å². The largest absolute Gasteiger partial charge is 0.277 e. The first-order valence-electron chi connectivity index (χ1n) is 4.98. The van der Waals surface area contributed by atoms with Gasteiger partial charge in [-0.3, -0.25) is 4.40 Å². The van der Waals surface area contributed by atoms with Gasteiger partial charge in [0.15, 0.2) is 16.6 Å². The summed E-state index contributed by atoms with van der Waals surface area (Å²) in [6.45, 7) is 2.03. The molecule has 8 heteroatoms. The van der Waals surface area contributed by atoms with Gasteiger partial charge >= 0.3 is 0 Å². The number of rotatable bonds is 2. The van der Waals surface area contributed by atoms with Crippen LogP contribution >= 0.6 is 23.1 Å². The van der Waals surface area contributed by atoms with Gasteiger partial charge in [0.1, 0.15) is 4.88 Å². The molecule has 3 aromatic heterocycles. The molecule has 0 saturated heterocycles. The van der Waals surface area contributed by atoms with E-state index in [0.717, 1.165) is 17.0 Å². The van der Waals surface area contributed by atoms with Gasteiger partial charge in [0.25, 0.3) is 0 Å². The van der Waals surface area contributed by atoms with Crippen molar-refractivity contribution < 1.29 is 0 Å². The summed E-state index contributed by atoms with van der Waals surface area (Å²) in [7, 11) is 0. The number of fused-ring (bicyclic) bond motifs is 1. The van der Waals surface area contributed by atoms with Crippen molar-refractivity contribution in [1.82, 2.24) is 29.2 Å². The zero-order valence-corrected chi connectivity index (χ0v) is 10.4. The average Bonchev–Trinajstić information content (AvgIpc) is 2.94. The van der Waals surface area contributed by atoms with E-state index in [1.807, 2.05) is 6.92 Å². The lowest BCUT2D eigenvalue weighted by Crippen LogP contribution is -1.92. The third-order valence-electron chi connectivity index (χ3n) is 2.38. The highest BCUT2D eigenvalue weighted by Gasteiger charge is 2.16. The Balaban J connectivity index is 2.28. The SMILES string of the molecule is CCc1nnsc1-c1nnc2c(Cl)nccn12. The molecule has 0 saturated carbocycles. The predicted molar refractivity (Wildman–Crippen MR) is 64.1 cm³/mol. The minimum absolute atomic E-state index is 0.335. The molecule has 3 aromatic rings. The van der Waals surface area contributed by atoms with Crippen molar-refractivity contribution in [2.75, 3.05) is 0 Å². The highest BCUT2D eigenvalue weighted by atomic mass is 35.5. The summed E-state index contributed by atoms with van der Waals surface area (Å²) >= 11 is 7.25. The zero-order chi connectivity index (χ0) is 11.8. The van der Waals surface area contributed by atoms with Crippen molar-refractivity contribution in [1.29, 1.82) is 0 Å². The average molecular weight is 267 g/mol. The van der Waals surface area contributed by atoms with Crippen molar-refractivity contribution in [3.05, 3.63) is 23.2 Å². The first-order valence-corrected chi connectivity index (χ1v) is 6.13. The maximum Gasteiger partial charge on any atom is 0.198 e. The second-order valence-corrected chi connectivity index (χ2v) is 4.45. The van der Waals surface area contributed by atoms with Crippen LogP contribution in [-0.4, -0.2) is 29.2 Å². The smallest absolute Gasteiger partial charge is 0.198 e. The fourth-order valence-corrected chi connectivity index (χ4v) is 2.48. The number of aryl methyl sites for hydroxylation is 1. The maximum absolute atomic E-state index is 5.94. The van der Waals surface area contributed by atoms with Crippen LogP contribution < -0.4 is 0 Å². The normalized spacial score (nSPS) is 11.2. The van der Waals surface area contributed by atoms with Crippen molar-refractivity contribution in [3.63, 3.8) is 0 Å². The molecule has 6 nitrogen and oxygen atoms in total. The van der Waals surface area contributed by atoms with Crippen LogP contribution in [0.25, 0.3) is 16.3 Å². The van der Waals surface area contributed by atoms with Crippen LogP contribution in [-0.2, 0) is 6.42 Å². The van der Waals surface area contributed by atoms with Crippen LogP contribution in [0.1, 0.15) is 12.6 Å². The Morgan fingerprint density at radius 1 is 1.35 bits per heavy atom. The van der Waals surface area contributed by atoms with E-state index in [4.69, 9.17) is 11.6 Å². The molecule has 0 N–H and O–H groups in total. The van der Waals surface area contributed by atoms with Gasteiger partial charge in [0.2, 0.25) is 0 Å². The number of nitrogens with zero attached hydrogens (tertiary/aromatic N) is 6. The minimum Gasteiger partial charge on any atom is -0.277 e.